The maximum Gasteiger partial charge on any atom is 0.266 e. The second kappa shape index (κ2) is 9.32. The Balaban J connectivity index is 1.69. The number of hydrogen-bond acceptors (Lipinski definition) is 4. The number of carbonyl (C=O) groups excluding carboxylic acids is 1. The number of halogens is 1. The average Bonchev–Trinajstić information content (AvgIpc) is 3.15. The van der Waals surface area contributed by atoms with Gasteiger partial charge in [-0.25, -0.2) is 0 Å². The summed E-state index contributed by atoms with van der Waals surface area (Å²) in [4.78, 5) is 13.3. The summed E-state index contributed by atoms with van der Waals surface area (Å²) in [6.45, 7) is 2.06. The molecule has 28 heavy (non-hydrogen) atoms. The number of rotatable bonds is 6. The normalized spacial score (nSPS) is 11.1. The Labute approximate surface area is 172 Å². The Hall–Kier alpha value is -2.94. The maximum atomic E-state index is 12.4. The lowest BCUT2D eigenvalue weighted by atomic mass is 10.1. The SMILES string of the molecule is CCc1ccc(NC(=O)/C(C#N)=C/c2ccc(Sc3ccc(Cl)cc3)o2)cc1. The topological polar surface area (TPSA) is 66.0 Å². The molecule has 3 aromatic rings. The monoisotopic (exact) mass is 408 g/mol. The molecule has 0 saturated carbocycles. The van der Waals surface area contributed by atoms with Crippen molar-refractivity contribution in [2.24, 2.45) is 0 Å². The minimum Gasteiger partial charge on any atom is -0.450 e. The molecular formula is C22H17ClN2O2S. The van der Waals surface area contributed by atoms with Crippen LogP contribution >= 0.6 is 23.4 Å². The van der Waals surface area contributed by atoms with Gasteiger partial charge in [-0.15, -0.1) is 0 Å². The quantitative estimate of drug-likeness (QED) is 0.390. The summed E-state index contributed by atoms with van der Waals surface area (Å²) in [5.74, 6) is -0.0421. The molecule has 3 rings (SSSR count). The first-order chi connectivity index (χ1) is 13.6. The number of nitriles is 1. The molecule has 4 nitrogen and oxygen atoms in total. The Kier molecular flexibility index (Phi) is 6.59. The lowest BCUT2D eigenvalue weighted by Crippen LogP contribution is -2.13. The number of aryl methyl sites for hydroxylation is 1. The van der Waals surface area contributed by atoms with Crippen molar-refractivity contribution in [2.45, 2.75) is 23.3 Å². The molecule has 0 fully saturated rings. The Morgan fingerprint density at radius 1 is 1.14 bits per heavy atom. The second-order valence-corrected chi connectivity index (χ2v) is 7.40. The van der Waals surface area contributed by atoms with Gasteiger partial charge in [0.15, 0.2) is 5.09 Å². The van der Waals surface area contributed by atoms with Crippen LogP contribution in [-0.4, -0.2) is 5.91 Å². The summed E-state index contributed by atoms with van der Waals surface area (Å²) in [6.07, 6.45) is 2.36. The number of anilines is 1. The summed E-state index contributed by atoms with van der Waals surface area (Å²) in [5.41, 5.74) is 1.79. The smallest absolute Gasteiger partial charge is 0.266 e. The third kappa shape index (κ3) is 5.29. The maximum absolute atomic E-state index is 12.4. The molecule has 0 aliphatic carbocycles. The minimum atomic E-state index is -0.477. The zero-order chi connectivity index (χ0) is 19.9. The van der Waals surface area contributed by atoms with Crippen molar-refractivity contribution in [3.63, 3.8) is 0 Å². The van der Waals surface area contributed by atoms with Gasteiger partial charge in [0.2, 0.25) is 0 Å². The molecule has 0 saturated heterocycles. The average molecular weight is 409 g/mol. The van der Waals surface area contributed by atoms with Crippen LogP contribution in [0.5, 0.6) is 0 Å². The molecule has 0 atom stereocenters. The van der Waals surface area contributed by atoms with Gasteiger partial charge in [0.05, 0.1) is 0 Å². The van der Waals surface area contributed by atoms with Crippen LogP contribution in [-0.2, 0) is 11.2 Å². The standard InChI is InChI=1S/C22H17ClN2O2S/c1-2-15-3-7-18(8-4-15)25-22(26)16(14-24)13-19-9-12-21(27-19)28-20-10-5-17(23)6-11-20/h3-13H,2H2,1H3,(H,25,26)/b16-13+. The van der Waals surface area contributed by atoms with E-state index < -0.39 is 5.91 Å². The van der Waals surface area contributed by atoms with E-state index in [0.29, 0.717) is 21.6 Å². The van der Waals surface area contributed by atoms with Crippen LogP contribution in [0.25, 0.3) is 6.08 Å². The number of amides is 1. The Bertz CT molecular complexity index is 1030. The van der Waals surface area contributed by atoms with Gasteiger partial charge >= 0.3 is 0 Å². The summed E-state index contributed by atoms with van der Waals surface area (Å²) >= 11 is 7.31. The van der Waals surface area contributed by atoms with E-state index in [1.165, 1.54) is 23.4 Å². The van der Waals surface area contributed by atoms with Crippen LogP contribution in [0.1, 0.15) is 18.2 Å². The molecule has 0 spiro atoms. The second-order valence-electron chi connectivity index (χ2n) is 5.89. The van der Waals surface area contributed by atoms with Crippen molar-refractivity contribution in [3.05, 3.63) is 82.6 Å². The minimum absolute atomic E-state index is 0.0306. The predicted molar refractivity (Wildman–Crippen MR) is 112 cm³/mol. The van der Waals surface area contributed by atoms with E-state index in [1.807, 2.05) is 42.5 Å². The first-order valence-electron chi connectivity index (χ1n) is 8.62. The van der Waals surface area contributed by atoms with E-state index >= 15 is 0 Å². The molecule has 0 bridgehead atoms. The van der Waals surface area contributed by atoms with Gasteiger partial charge in [-0.1, -0.05) is 42.4 Å². The first-order valence-corrected chi connectivity index (χ1v) is 9.82. The third-order valence-corrected chi connectivity index (χ3v) is 5.09. The lowest BCUT2D eigenvalue weighted by molar-refractivity contribution is -0.112. The van der Waals surface area contributed by atoms with Gasteiger partial charge in [0, 0.05) is 21.7 Å². The van der Waals surface area contributed by atoms with E-state index in [-0.39, 0.29) is 5.57 Å². The van der Waals surface area contributed by atoms with Crippen molar-refractivity contribution in [3.8, 4) is 6.07 Å². The number of hydrogen-bond donors (Lipinski definition) is 1. The van der Waals surface area contributed by atoms with Crippen molar-refractivity contribution in [1.82, 2.24) is 0 Å². The molecule has 1 aromatic heterocycles. The van der Waals surface area contributed by atoms with Gasteiger partial charge < -0.3 is 9.73 Å². The van der Waals surface area contributed by atoms with E-state index in [1.54, 1.807) is 24.3 Å². The van der Waals surface area contributed by atoms with Crippen molar-refractivity contribution >= 4 is 41.0 Å². The molecule has 1 amide bonds. The zero-order valence-electron chi connectivity index (χ0n) is 15.1. The van der Waals surface area contributed by atoms with E-state index in [0.717, 1.165) is 11.3 Å². The van der Waals surface area contributed by atoms with E-state index in [9.17, 15) is 10.1 Å². The summed E-state index contributed by atoms with van der Waals surface area (Å²) in [5, 5.41) is 13.4. The Morgan fingerprint density at radius 2 is 1.86 bits per heavy atom. The van der Waals surface area contributed by atoms with Gasteiger partial charge in [0.1, 0.15) is 17.4 Å². The van der Waals surface area contributed by atoms with E-state index in [4.69, 9.17) is 16.0 Å². The van der Waals surface area contributed by atoms with Crippen LogP contribution in [0.15, 0.2) is 80.6 Å². The van der Waals surface area contributed by atoms with Crippen LogP contribution < -0.4 is 5.32 Å². The fraction of sp³-hybridized carbons (Fsp3) is 0.0909. The molecule has 0 radical (unpaired) electrons. The van der Waals surface area contributed by atoms with Crippen molar-refractivity contribution < 1.29 is 9.21 Å². The fourth-order valence-corrected chi connectivity index (χ4v) is 3.30. The highest BCUT2D eigenvalue weighted by atomic mass is 35.5. The number of carbonyl (C=O) groups is 1. The van der Waals surface area contributed by atoms with Gasteiger partial charge in [-0.05, 0) is 60.5 Å². The largest absolute Gasteiger partial charge is 0.450 e. The molecule has 2 aromatic carbocycles. The molecule has 140 valence electrons. The summed E-state index contributed by atoms with van der Waals surface area (Å²) in [7, 11) is 0. The van der Waals surface area contributed by atoms with Gasteiger partial charge in [0.25, 0.3) is 5.91 Å². The number of nitrogens with one attached hydrogen (secondary N) is 1. The molecule has 0 unspecified atom stereocenters. The van der Waals surface area contributed by atoms with E-state index in [2.05, 4.69) is 12.2 Å². The first kappa shape index (κ1) is 19.8. The molecular weight excluding hydrogens is 392 g/mol. The molecule has 0 aliphatic heterocycles. The van der Waals surface area contributed by atoms with Crippen LogP contribution in [0, 0.1) is 11.3 Å². The predicted octanol–water partition coefficient (Wildman–Crippen LogP) is 6.19. The fourth-order valence-electron chi connectivity index (χ4n) is 2.40. The number of nitrogens with zero attached hydrogens (tertiary/aromatic N) is 1. The summed E-state index contributed by atoms with van der Waals surface area (Å²) in [6, 6.07) is 20.4. The molecule has 6 heteroatoms. The Morgan fingerprint density at radius 3 is 2.50 bits per heavy atom. The van der Waals surface area contributed by atoms with Gasteiger partial charge in [-0.3, -0.25) is 4.79 Å². The highest BCUT2D eigenvalue weighted by Crippen LogP contribution is 2.30. The highest BCUT2D eigenvalue weighted by Gasteiger charge is 2.11. The molecule has 1 N–H and O–H groups in total. The van der Waals surface area contributed by atoms with Gasteiger partial charge in [-0.2, -0.15) is 5.26 Å². The summed E-state index contributed by atoms with van der Waals surface area (Å²) < 4.78 is 5.70. The van der Waals surface area contributed by atoms with Crippen molar-refractivity contribution in [1.29, 1.82) is 5.26 Å². The zero-order valence-corrected chi connectivity index (χ0v) is 16.7. The molecule has 0 aliphatic rings. The highest BCUT2D eigenvalue weighted by molar-refractivity contribution is 7.99. The van der Waals surface area contributed by atoms with Crippen molar-refractivity contribution in [2.75, 3.05) is 5.32 Å². The third-order valence-electron chi connectivity index (χ3n) is 3.91. The lowest BCUT2D eigenvalue weighted by Gasteiger charge is -2.05. The molecule has 1 heterocycles. The van der Waals surface area contributed by atoms with Crippen LogP contribution in [0.3, 0.4) is 0 Å². The van der Waals surface area contributed by atoms with Crippen LogP contribution in [0.4, 0.5) is 5.69 Å². The van der Waals surface area contributed by atoms with Crippen LogP contribution in [0.2, 0.25) is 5.02 Å². The number of benzene rings is 2. The number of furan rings is 1.